The van der Waals surface area contributed by atoms with E-state index in [4.69, 9.17) is 26.4 Å². The molecular weight excluding hydrogens is 364 g/mol. The normalized spacial score (nSPS) is 15.8. The molecule has 3 rings (SSSR count). The Morgan fingerprint density at radius 1 is 1.22 bits per heavy atom. The van der Waals surface area contributed by atoms with Gasteiger partial charge < -0.3 is 19.5 Å². The summed E-state index contributed by atoms with van der Waals surface area (Å²) >= 11 is 5.26. The number of carbonyl (C=O) groups excluding carboxylic acids is 1. The van der Waals surface area contributed by atoms with Gasteiger partial charge in [-0.2, -0.15) is 0 Å². The van der Waals surface area contributed by atoms with Crippen molar-refractivity contribution in [2.75, 3.05) is 25.6 Å². The molecular formula is C20H22N2O4S. The van der Waals surface area contributed by atoms with Gasteiger partial charge in [0.1, 0.15) is 18.1 Å². The number of thiocarbonyl (C=S) groups is 1. The van der Waals surface area contributed by atoms with Crippen molar-refractivity contribution in [3.63, 3.8) is 0 Å². The molecule has 1 amide bonds. The Bertz CT molecular complexity index is 789. The summed E-state index contributed by atoms with van der Waals surface area (Å²) in [5, 5.41) is 5.88. The minimum Gasteiger partial charge on any atom is -0.497 e. The minimum atomic E-state index is -0.298. The second-order valence-electron chi connectivity index (χ2n) is 6.08. The highest BCUT2D eigenvalue weighted by Gasteiger charge is 2.17. The quantitative estimate of drug-likeness (QED) is 0.742. The Morgan fingerprint density at radius 3 is 2.70 bits per heavy atom. The summed E-state index contributed by atoms with van der Waals surface area (Å²) in [6.45, 7) is 1.28. The molecule has 2 aromatic carbocycles. The molecule has 1 aliphatic rings. The minimum absolute atomic E-state index is 0.125. The van der Waals surface area contributed by atoms with Gasteiger partial charge in [0.05, 0.1) is 18.9 Å². The van der Waals surface area contributed by atoms with E-state index in [0.29, 0.717) is 29.4 Å². The smallest absolute Gasteiger partial charge is 0.257 e. The molecule has 2 aromatic rings. The molecule has 27 heavy (non-hydrogen) atoms. The predicted molar refractivity (Wildman–Crippen MR) is 108 cm³/mol. The van der Waals surface area contributed by atoms with E-state index in [0.717, 1.165) is 19.4 Å². The van der Waals surface area contributed by atoms with Gasteiger partial charge in [0.25, 0.3) is 5.91 Å². The number of ether oxygens (including phenoxy) is 3. The molecule has 2 N–H and O–H groups in total. The molecule has 0 bridgehead atoms. The largest absolute Gasteiger partial charge is 0.497 e. The maximum absolute atomic E-state index is 12.3. The zero-order valence-corrected chi connectivity index (χ0v) is 15.9. The lowest BCUT2D eigenvalue weighted by Crippen LogP contribution is -2.34. The molecule has 1 atom stereocenters. The highest BCUT2D eigenvalue weighted by molar-refractivity contribution is 7.80. The van der Waals surface area contributed by atoms with E-state index < -0.39 is 0 Å². The fourth-order valence-electron chi connectivity index (χ4n) is 2.73. The van der Waals surface area contributed by atoms with Gasteiger partial charge >= 0.3 is 0 Å². The van der Waals surface area contributed by atoms with Crippen molar-refractivity contribution >= 4 is 28.9 Å². The van der Waals surface area contributed by atoms with Crippen LogP contribution in [0, 0.1) is 0 Å². The van der Waals surface area contributed by atoms with Crippen LogP contribution in [-0.4, -0.2) is 37.4 Å². The topological polar surface area (TPSA) is 68.8 Å². The summed E-state index contributed by atoms with van der Waals surface area (Å²) in [6.07, 6.45) is 2.20. The number of hydrogen-bond donors (Lipinski definition) is 2. The number of methoxy groups -OCH3 is 1. The summed E-state index contributed by atoms with van der Waals surface area (Å²) in [4.78, 5) is 12.3. The molecule has 6 nitrogen and oxygen atoms in total. The second-order valence-corrected chi connectivity index (χ2v) is 6.49. The van der Waals surface area contributed by atoms with Crippen molar-refractivity contribution in [2.45, 2.75) is 18.9 Å². The standard InChI is InChI=1S/C20H22N2O4S/c1-24-15-10-8-14(9-11-15)19(23)22-20(27)21-17-6-2-3-7-18(17)26-13-16-5-4-12-25-16/h2-3,6-11,16H,4-5,12-13H2,1H3,(H2,21,22,23,27). The number of amides is 1. The van der Waals surface area contributed by atoms with Crippen molar-refractivity contribution in [1.82, 2.24) is 5.32 Å². The van der Waals surface area contributed by atoms with E-state index in [1.54, 1.807) is 31.4 Å². The highest BCUT2D eigenvalue weighted by atomic mass is 32.1. The molecule has 0 radical (unpaired) electrons. The maximum atomic E-state index is 12.3. The summed E-state index contributed by atoms with van der Waals surface area (Å²) in [7, 11) is 1.58. The van der Waals surface area contributed by atoms with Crippen LogP contribution in [0.1, 0.15) is 23.2 Å². The van der Waals surface area contributed by atoms with Crippen LogP contribution in [0.25, 0.3) is 0 Å². The van der Waals surface area contributed by atoms with Crippen molar-refractivity contribution < 1.29 is 19.0 Å². The van der Waals surface area contributed by atoms with Gasteiger partial charge in [-0.1, -0.05) is 12.1 Å². The van der Waals surface area contributed by atoms with Gasteiger partial charge in [-0.3, -0.25) is 10.1 Å². The molecule has 1 heterocycles. The van der Waals surface area contributed by atoms with Crippen LogP contribution in [-0.2, 0) is 4.74 Å². The number of rotatable bonds is 6. The molecule has 0 aromatic heterocycles. The predicted octanol–water partition coefficient (Wildman–Crippen LogP) is 3.38. The van der Waals surface area contributed by atoms with E-state index in [1.165, 1.54) is 0 Å². The Morgan fingerprint density at radius 2 is 2.00 bits per heavy atom. The third kappa shape index (κ3) is 5.42. The molecule has 1 fully saturated rings. The Hall–Kier alpha value is -2.64. The van der Waals surface area contributed by atoms with E-state index in [-0.39, 0.29) is 17.1 Å². The lowest BCUT2D eigenvalue weighted by molar-refractivity contribution is 0.0682. The van der Waals surface area contributed by atoms with E-state index in [1.807, 2.05) is 24.3 Å². The van der Waals surface area contributed by atoms with Gasteiger partial charge in [-0.25, -0.2) is 0 Å². The van der Waals surface area contributed by atoms with Crippen LogP contribution < -0.4 is 20.1 Å². The number of nitrogens with one attached hydrogen (secondary N) is 2. The molecule has 142 valence electrons. The van der Waals surface area contributed by atoms with Crippen LogP contribution in [0.15, 0.2) is 48.5 Å². The van der Waals surface area contributed by atoms with Gasteiger partial charge in [-0.15, -0.1) is 0 Å². The van der Waals surface area contributed by atoms with Crippen LogP contribution >= 0.6 is 12.2 Å². The number of hydrogen-bond acceptors (Lipinski definition) is 5. The first kappa shape index (κ1) is 19.1. The molecule has 1 unspecified atom stereocenters. The molecule has 1 saturated heterocycles. The molecule has 0 spiro atoms. The first-order valence-corrected chi connectivity index (χ1v) is 9.16. The highest BCUT2D eigenvalue weighted by Crippen LogP contribution is 2.25. The van der Waals surface area contributed by atoms with Crippen molar-refractivity contribution in [3.8, 4) is 11.5 Å². The summed E-state index contributed by atoms with van der Waals surface area (Å²) in [5.74, 6) is 1.05. The molecule has 0 aliphatic carbocycles. The first-order valence-electron chi connectivity index (χ1n) is 8.75. The van der Waals surface area contributed by atoms with Gasteiger partial charge in [0.2, 0.25) is 0 Å². The zero-order valence-electron chi connectivity index (χ0n) is 15.1. The SMILES string of the molecule is COc1ccc(C(=O)NC(=S)Nc2ccccc2OCC2CCCO2)cc1. The third-order valence-corrected chi connectivity index (χ3v) is 4.37. The van der Waals surface area contributed by atoms with Gasteiger partial charge in [0.15, 0.2) is 5.11 Å². The first-order chi connectivity index (χ1) is 13.2. The number of anilines is 1. The number of carbonyl (C=O) groups is 1. The van der Waals surface area contributed by atoms with Crippen LogP contribution in [0.2, 0.25) is 0 Å². The van der Waals surface area contributed by atoms with E-state index in [2.05, 4.69) is 10.6 Å². The fourth-order valence-corrected chi connectivity index (χ4v) is 2.93. The second kappa shape index (κ2) is 9.34. The van der Waals surface area contributed by atoms with Gasteiger partial charge in [0, 0.05) is 12.2 Å². The van der Waals surface area contributed by atoms with E-state index >= 15 is 0 Å². The lowest BCUT2D eigenvalue weighted by Gasteiger charge is -2.16. The van der Waals surface area contributed by atoms with Crippen LogP contribution in [0.3, 0.4) is 0 Å². The Kier molecular flexibility index (Phi) is 6.62. The Labute approximate surface area is 163 Å². The third-order valence-electron chi connectivity index (χ3n) is 4.16. The molecule has 1 aliphatic heterocycles. The average molecular weight is 386 g/mol. The summed E-state index contributed by atoms with van der Waals surface area (Å²) in [6, 6.07) is 14.2. The molecule has 0 saturated carbocycles. The fraction of sp³-hybridized carbons (Fsp3) is 0.300. The Balaban J connectivity index is 1.57. The van der Waals surface area contributed by atoms with Crippen molar-refractivity contribution in [3.05, 3.63) is 54.1 Å². The van der Waals surface area contributed by atoms with Gasteiger partial charge in [-0.05, 0) is 61.5 Å². The zero-order chi connectivity index (χ0) is 19.1. The van der Waals surface area contributed by atoms with Crippen LogP contribution in [0.5, 0.6) is 11.5 Å². The number of para-hydroxylation sites is 2. The number of benzene rings is 2. The summed E-state index contributed by atoms with van der Waals surface area (Å²) in [5.41, 5.74) is 1.18. The van der Waals surface area contributed by atoms with Crippen LogP contribution in [0.4, 0.5) is 5.69 Å². The van der Waals surface area contributed by atoms with E-state index in [9.17, 15) is 4.79 Å². The summed E-state index contributed by atoms with van der Waals surface area (Å²) < 4.78 is 16.5. The van der Waals surface area contributed by atoms with Crippen molar-refractivity contribution in [2.24, 2.45) is 0 Å². The molecule has 7 heteroatoms. The van der Waals surface area contributed by atoms with Crippen molar-refractivity contribution in [1.29, 1.82) is 0 Å². The lowest BCUT2D eigenvalue weighted by atomic mass is 10.2. The monoisotopic (exact) mass is 386 g/mol. The average Bonchev–Trinajstić information content (AvgIpc) is 3.21. The maximum Gasteiger partial charge on any atom is 0.257 e.